The second-order valence-electron chi connectivity index (χ2n) is 5.73. The van der Waals surface area contributed by atoms with Crippen LogP contribution in [0.4, 0.5) is 11.5 Å². The van der Waals surface area contributed by atoms with Gasteiger partial charge in [-0.1, -0.05) is 13.8 Å². The van der Waals surface area contributed by atoms with Gasteiger partial charge in [-0.25, -0.2) is 4.98 Å². The van der Waals surface area contributed by atoms with Crippen LogP contribution in [0.5, 0.6) is 0 Å². The van der Waals surface area contributed by atoms with E-state index in [4.69, 9.17) is 10.7 Å². The largest absolute Gasteiger partial charge is 0.399 e. The number of benzene rings is 1. The second-order valence-corrected chi connectivity index (χ2v) is 5.73. The molecule has 3 rings (SSSR count). The Morgan fingerprint density at radius 1 is 1.24 bits per heavy atom. The fourth-order valence-corrected chi connectivity index (χ4v) is 3.30. The molecule has 1 aromatic heterocycles. The van der Waals surface area contributed by atoms with Gasteiger partial charge in [0.2, 0.25) is 0 Å². The van der Waals surface area contributed by atoms with Gasteiger partial charge in [0.15, 0.2) is 0 Å². The first-order valence-electron chi connectivity index (χ1n) is 7.86. The summed E-state index contributed by atoms with van der Waals surface area (Å²) in [6.07, 6.45) is 1.23. The van der Waals surface area contributed by atoms with Crippen LogP contribution in [0.15, 0.2) is 30.3 Å². The summed E-state index contributed by atoms with van der Waals surface area (Å²) < 4.78 is 0. The van der Waals surface area contributed by atoms with E-state index >= 15 is 0 Å². The maximum atomic E-state index is 5.82. The highest BCUT2D eigenvalue weighted by atomic mass is 15.3. The van der Waals surface area contributed by atoms with Gasteiger partial charge in [0.1, 0.15) is 5.82 Å². The number of fused-ring (bicyclic) bond motifs is 1. The molecule has 0 amide bonds. The average Bonchev–Trinajstić information content (AvgIpc) is 2.98. The van der Waals surface area contributed by atoms with Crippen molar-refractivity contribution in [1.82, 2.24) is 9.88 Å². The highest BCUT2D eigenvalue weighted by Gasteiger charge is 2.26. The predicted molar refractivity (Wildman–Crippen MR) is 89.7 cm³/mol. The van der Waals surface area contributed by atoms with E-state index in [1.54, 1.807) is 0 Å². The minimum atomic E-state index is 0.656. The number of likely N-dealkylation sites (N-methyl/N-ethyl adjacent to an activating group) is 1. The zero-order chi connectivity index (χ0) is 14.8. The molecule has 2 aromatic rings. The molecule has 1 saturated heterocycles. The van der Waals surface area contributed by atoms with Crippen LogP contribution in [0.25, 0.3) is 10.9 Å². The Labute approximate surface area is 126 Å². The standard InChI is InChI=1S/C17H24N4/c1-3-20(4-2)15-9-10-21(12-15)17-8-5-13-11-14(18)6-7-16(13)19-17/h5-8,11,15H,3-4,9-10,12,18H2,1-2H3. The van der Waals surface area contributed by atoms with Crippen molar-refractivity contribution in [2.75, 3.05) is 36.8 Å². The lowest BCUT2D eigenvalue weighted by Gasteiger charge is -2.26. The van der Waals surface area contributed by atoms with Gasteiger partial charge in [-0.05, 0) is 49.8 Å². The monoisotopic (exact) mass is 284 g/mol. The number of aromatic nitrogens is 1. The highest BCUT2D eigenvalue weighted by Crippen LogP contribution is 2.24. The molecule has 1 atom stereocenters. The molecular formula is C17H24N4. The Bertz CT molecular complexity index is 621. The van der Waals surface area contributed by atoms with Crippen LogP contribution in [-0.2, 0) is 0 Å². The smallest absolute Gasteiger partial charge is 0.129 e. The molecule has 4 heteroatoms. The first-order chi connectivity index (χ1) is 10.2. The molecule has 0 saturated carbocycles. The van der Waals surface area contributed by atoms with Crippen LogP contribution in [0, 0.1) is 0 Å². The molecule has 1 aliphatic rings. The van der Waals surface area contributed by atoms with Crippen molar-refractivity contribution in [3.63, 3.8) is 0 Å². The molecule has 1 aliphatic heterocycles. The van der Waals surface area contributed by atoms with Crippen LogP contribution < -0.4 is 10.6 Å². The van der Waals surface area contributed by atoms with Crippen molar-refractivity contribution in [1.29, 1.82) is 0 Å². The van der Waals surface area contributed by atoms with E-state index in [9.17, 15) is 0 Å². The second kappa shape index (κ2) is 5.90. The molecule has 1 aromatic carbocycles. The van der Waals surface area contributed by atoms with E-state index in [0.29, 0.717) is 6.04 Å². The van der Waals surface area contributed by atoms with Gasteiger partial charge >= 0.3 is 0 Å². The summed E-state index contributed by atoms with van der Waals surface area (Å²) in [7, 11) is 0. The Kier molecular flexibility index (Phi) is 3.97. The van der Waals surface area contributed by atoms with E-state index in [2.05, 4.69) is 35.8 Å². The molecule has 2 heterocycles. The van der Waals surface area contributed by atoms with Crippen LogP contribution >= 0.6 is 0 Å². The minimum Gasteiger partial charge on any atom is -0.399 e. The predicted octanol–water partition coefficient (Wildman–Crippen LogP) is 2.74. The summed E-state index contributed by atoms with van der Waals surface area (Å²) in [5.74, 6) is 1.09. The van der Waals surface area contributed by atoms with Crippen LogP contribution in [0.3, 0.4) is 0 Å². The maximum Gasteiger partial charge on any atom is 0.129 e. The number of anilines is 2. The third kappa shape index (κ3) is 2.81. The Balaban J connectivity index is 1.80. The third-order valence-corrected chi connectivity index (χ3v) is 4.51. The quantitative estimate of drug-likeness (QED) is 0.877. The molecule has 2 N–H and O–H groups in total. The van der Waals surface area contributed by atoms with Gasteiger partial charge in [-0.2, -0.15) is 0 Å². The molecule has 0 bridgehead atoms. The zero-order valence-electron chi connectivity index (χ0n) is 12.9. The summed E-state index contributed by atoms with van der Waals surface area (Å²) in [5, 5.41) is 1.11. The number of hydrogen-bond donors (Lipinski definition) is 1. The normalized spacial score (nSPS) is 18.8. The summed E-state index contributed by atoms with van der Waals surface area (Å²) in [4.78, 5) is 9.74. The molecule has 0 spiro atoms. The number of pyridine rings is 1. The molecule has 112 valence electrons. The minimum absolute atomic E-state index is 0.656. The van der Waals surface area contributed by atoms with Crippen LogP contribution in [-0.4, -0.2) is 42.1 Å². The molecule has 1 fully saturated rings. The summed E-state index contributed by atoms with van der Waals surface area (Å²) in [6.45, 7) is 8.90. The molecule has 1 unspecified atom stereocenters. The lowest BCUT2D eigenvalue weighted by Crippen LogP contribution is -2.37. The van der Waals surface area contributed by atoms with Crippen molar-refractivity contribution < 1.29 is 0 Å². The lowest BCUT2D eigenvalue weighted by molar-refractivity contribution is 0.232. The lowest BCUT2D eigenvalue weighted by atomic mass is 10.2. The molecule has 0 aliphatic carbocycles. The number of nitrogens with two attached hydrogens (primary N) is 1. The van der Waals surface area contributed by atoms with E-state index < -0.39 is 0 Å². The van der Waals surface area contributed by atoms with Gasteiger partial charge in [-0.3, -0.25) is 4.90 Å². The first-order valence-corrected chi connectivity index (χ1v) is 7.86. The number of rotatable bonds is 4. The molecule has 4 nitrogen and oxygen atoms in total. The fourth-order valence-electron chi connectivity index (χ4n) is 3.30. The number of nitrogen functional groups attached to an aromatic ring is 1. The van der Waals surface area contributed by atoms with Crippen molar-refractivity contribution in [2.45, 2.75) is 26.3 Å². The first kappa shape index (κ1) is 14.1. The Morgan fingerprint density at radius 2 is 2.05 bits per heavy atom. The molecular weight excluding hydrogens is 260 g/mol. The van der Waals surface area contributed by atoms with Crippen LogP contribution in [0.2, 0.25) is 0 Å². The molecule has 21 heavy (non-hydrogen) atoms. The van der Waals surface area contributed by atoms with E-state index in [1.807, 2.05) is 18.2 Å². The topological polar surface area (TPSA) is 45.4 Å². The van der Waals surface area contributed by atoms with Crippen molar-refractivity contribution in [3.05, 3.63) is 30.3 Å². The number of hydrogen-bond acceptors (Lipinski definition) is 4. The zero-order valence-corrected chi connectivity index (χ0v) is 12.9. The maximum absolute atomic E-state index is 5.82. The Hall–Kier alpha value is -1.81. The van der Waals surface area contributed by atoms with Gasteiger partial charge in [0.25, 0.3) is 0 Å². The van der Waals surface area contributed by atoms with Crippen molar-refractivity contribution in [2.24, 2.45) is 0 Å². The summed E-state index contributed by atoms with van der Waals surface area (Å²) in [5.41, 5.74) is 7.64. The third-order valence-electron chi connectivity index (χ3n) is 4.51. The van der Waals surface area contributed by atoms with Gasteiger partial charge in [0.05, 0.1) is 5.52 Å². The number of nitrogens with zero attached hydrogens (tertiary/aromatic N) is 3. The fraction of sp³-hybridized carbons (Fsp3) is 0.471. The SMILES string of the molecule is CCN(CC)C1CCN(c2ccc3cc(N)ccc3n2)C1. The van der Waals surface area contributed by atoms with E-state index in [-0.39, 0.29) is 0 Å². The van der Waals surface area contributed by atoms with E-state index in [1.165, 1.54) is 6.42 Å². The Morgan fingerprint density at radius 3 is 2.81 bits per heavy atom. The van der Waals surface area contributed by atoms with Gasteiger partial charge in [-0.15, -0.1) is 0 Å². The van der Waals surface area contributed by atoms with Gasteiger partial charge in [0, 0.05) is 30.2 Å². The van der Waals surface area contributed by atoms with E-state index in [0.717, 1.165) is 48.6 Å². The summed E-state index contributed by atoms with van der Waals surface area (Å²) >= 11 is 0. The van der Waals surface area contributed by atoms with Crippen molar-refractivity contribution >= 4 is 22.4 Å². The molecule has 0 radical (unpaired) electrons. The summed E-state index contributed by atoms with van der Waals surface area (Å²) in [6, 6.07) is 10.8. The van der Waals surface area contributed by atoms with Crippen molar-refractivity contribution in [3.8, 4) is 0 Å². The van der Waals surface area contributed by atoms with Gasteiger partial charge < -0.3 is 10.6 Å². The van der Waals surface area contributed by atoms with Crippen LogP contribution in [0.1, 0.15) is 20.3 Å². The average molecular weight is 284 g/mol. The highest BCUT2D eigenvalue weighted by molar-refractivity contribution is 5.83.